The zero-order valence-corrected chi connectivity index (χ0v) is 8.57. The molecule has 0 aliphatic carbocycles. The first-order valence-corrected chi connectivity index (χ1v) is 4.74. The van der Waals surface area contributed by atoms with Crippen molar-refractivity contribution in [2.24, 2.45) is 5.73 Å². The van der Waals surface area contributed by atoms with Crippen molar-refractivity contribution in [1.29, 1.82) is 0 Å². The molecule has 0 amide bonds. The van der Waals surface area contributed by atoms with Crippen molar-refractivity contribution in [3.8, 4) is 0 Å². The SMILES string of the molecule is Nc1n[nH]c([C@H](N)c2ccccc2Cl)n1. The van der Waals surface area contributed by atoms with Crippen molar-refractivity contribution in [3.05, 3.63) is 40.7 Å². The van der Waals surface area contributed by atoms with Crippen LogP contribution >= 0.6 is 11.6 Å². The lowest BCUT2D eigenvalue weighted by Gasteiger charge is -2.09. The molecule has 0 saturated carbocycles. The van der Waals surface area contributed by atoms with Gasteiger partial charge in [-0.2, -0.15) is 4.98 Å². The van der Waals surface area contributed by atoms with Crippen LogP contribution in [0.5, 0.6) is 0 Å². The Bertz CT molecular complexity index is 467. The topological polar surface area (TPSA) is 93.6 Å². The van der Waals surface area contributed by atoms with E-state index in [0.717, 1.165) is 5.56 Å². The average molecular weight is 224 g/mol. The number of hydrogen-bond donors (Lipinski definition) is 3. The molecule has 1 aromatic heterocycles. The number of aromatic amines is 1. The summed E-state index contributed by atoms with van der Waals surface area (Å²) in [6, 6.07) is 6.87. The third-order valence-electron chi connectivity index (χ3n) is 2.05. The van der Waals surface area contributed by atoms with Crippen molar-refractivity contribution >= 4 is 17.5 Å². The first kappa shape index (κ1) is 9.95. The van der Waals surface area contributed by atoms with Crippen LogP contribution in [-0.2, 0) is 0 Å². The molecule has 1 atom stereocenters. The third-order valence-corrected chi connectivity index (χ3v) is 2.40. The Kier molecular flexibility index (Phi) is 2.57. The molecule has 2 aromatic rings. The highest BCUT2D eigenvalue weighted by Gasteiger charge is 2.15. The zero-order chi connectivity index (χ0) is 10.8. The second-order valence-corrected chi connectivity index (χ2v) is 3.49. The maximum absolute atomic E-state index is 6.00. The molecule has 5 N–H and O–H groups in total. The van der Waals surface area contributed by atoms with E-state index in [1.54, 1.807) is 6.07 Å². The summed E-state index contributed by atoms with van der Waals surface area (Å²) in [5.74, 6) is 0.674. The molecule has 15 heavy (non-hydrogen) atoms. The highest BCUT2D eigenvalue weighted by molar-refractivity contribution is 6.31. The van der Waals surface area contributed by atoms with Crippen LogP contribution < -0.4 is 11.5 Å². The number of nitrogen functional groups attached to an aromatic ring is 1. The lowest BCUT2D eigenvalue weighted by molar-refractivity contribution is 0.788. The molecule has 0 unspecified atom stereocenters. The Labute approximate surface area is 91.5 Å². The van der Waals surface area contributed by atoms with Crippen LogP contribution in [0.2, 0.25) is 5.02 Å². The Morgan fingerprint density at radius 2 is 2.07 bits per heavy atom. The van der Waals surface area contributed by atoms with Gasteiger partial charge in [0.1, 0.15) is 5.82 Å². The predicted octanol–water partition coefficient (Wildman–Crippen LogP) is 1.09. The summed E-state index contributed by atoms with van der Waals surface area (Å²) in [7, 11) is 0. The van der Waals surface area contributed by atoms with E-state index < -0.39 is 6.04 Å². The van der Waals surface area contributed by atoms with E-state index in [1.165, 1.54) is 0 Å². The summed E-state index contributed by atoms with van der Waals surface area (Å²) in [5.41, 5.74) is 12.1. The summed E-state index contributed by atoms with van der Waals surface area (Å²) >= 11 is 6.00. The van der Waals surface area contributed by atoms with Gasteiger partial charge < -0.3 is 11.5 Å². The molecule has 0 aliphatic rings. The number of anilines is 1. The predicted molar refractivity (Wildman–Crippen MR) is 58.3 cm³/mol. The lowest BCUT2D eigenvalue weighted by atomic mass is 10.1. The average Bonchev–Trinajstić information content (AvgIpc) is 2.65. The van der Waals surface area contributed by atoms with Crippen molar-refractivity contribution in [2.45, 2.75) is 6.04 Å². The molecule has 0 aliphatic heterocycles. The summed E-state index contributed by atoms with van der Waals surface area (Å²) in [6.07, 6.45) is 0. The molecule has 6 heteroatoms. The number of nitrogens with two attached hydrogens (primary N) is 2. The molecule has 5 nitrogen and oxygen atoms in total. The molecule has 0 spiro atoms. The summed E-state index contributed by atoms with van der Waals surface area (Å²) < 4.78 is 0. The normalized spacial score (nSPS) is 12.7. The molecule has 1 heterocycles. The van der Waals surface area contributed by atoms with Gasteiger partial charge in [-0.25, -0.2) is 0 Å². The number of rotatable bonds is 2. The number of H-pyrrole nitrogens is 1. The van der Waals surface area contributed by atoms with Gasteiger partial charge in [-0.05, 0) is 11.6 Å². The largest absolute Gasteiger partial charge is 0.367 e. The van der Waals surface area contributed by atoms with Gasteiger partial charge in [0.15, 0.2) is 0 Å². The fourth-order valence-corrected chi connectivity index (χ4v) is 1.55. The van der Waals surface area contributed by atoms with Gasteiger partial charge >= 0.3 is 0 Å². The van der Waals surface area contributed by atoms with E-state index >= 15 is 0 Å². The van der Waals surface area contributed by atoms with Gasteiger partial charge in [0.25, 0.3) is 0 Å². The molecule has 1 aromatic carbocycles. The number of nitrogens with zero attached hydrogens (tertiary/aromatic N) is 2. The van der Waals surface area contributed by atoms with Gasteiger partial charge in [0.05, 0.1) is 6.04 Å². The number of halogens is 1. The number of nitrogens with one attached hydrogen (secondary N) is 1. The maximum Gasteiger partial charge on any atom is 0.239 e. The van der Waals surface area contributed by atoms with Gasteiger partial charge in [0, 0.05) is 5.02 Å². The molecule has 78 valence electrons. The molecular formula is C9H10ClN5. The smallest absolute Gasteiger partial charge is 0.239 e. The van der Waals surface area contributed by atoms with E-state index in [2.05, 4.69) is 15.2 Å². The fourth-order valence-electron chi connectivity index (χ4n) is 1.30. The van der Waals surface area contributed by atoms with Crippen LogP contribution in [0.3, 0.4) is 0 Å². The first-order chi connectivity index (χ1) is 7.18. The second-order valence-electron chi connectivity index (χ2n) is 3.08. The van der Waals surface area contributed by atoms with Gasteiger partial charge in [-0.3, -0.25) is 5.10 Å². The van der Waals surface area contributed by atoms with E-state index in [0.29, 0.717) is 10.8 Å². The highest BCUT2D eigenvalue weighted by Crippen LogP contribution is 2.24. The van der Waals surface area contributed by atoms with Gasteiger partial charge in [-0.1, -0.05) is 29.8 Å². The van der Waals surface area contributed by atoms with E-state index in [-0.39, 0.29) is 5.95 Å². The molecule has 0 radical (unpaired) electrons. The van der Waals surface area contributed by atoms with Crippen LogP contribution in [-0.4, -0.2) is 15.2 Å². The number of aromatic nitrogens is 3. The van der Waals surface area contributed by atoms with Crippen LogP contribution in [0.1, 0.15) is 17.4 Å². The van der Waals surface area contributed by atoms with Crippen molar-refractivity contribution < 1.29 is 0 Å². The highest BCUT2D eigenvalue weighted by atomic mass is 35.5. The minimum atomic E-state index is -0.441. The lowest BCUT2D eigenvalue weighted by Crippen LogP contribution is -2.14. The van der Waals surface area contributed by atoms with Crippen molar-refractivity contribution in [3.63, 3.8) is 0 Å². The van der Waals surface area contributed by atoms with E-state index in [9.17, 15) is 0 Å². The number of benzene rings is 1. The fraction of sp³-hybridized carbons (Fsp3) is 0.111. The summed E-state index contributed by atoms with van der Waals surface area (Å²) in [6.45, 7) is 0. The Balaban J connectivity index is 2.36. The standard InChI is InChI=1S/C9H10ClN5/c10-6-4-2-1-3-5(6)7(11)8-13-9(12)15-14-8/h1-4,7H,11H2,(H3,12,13,14,15)/t7-/m1/s1. The van der Waals surface area contributed by atoms with Crippen LogP contribution in [0, 0.1) is 0 Å². The van der Waals surface area contributed by atoms with Crippen molar-refractivity contribution in [1.82, 2.24) is 15.2 Å². The first-order valence-electron chi connectivity index (χ1n) is 4.36. The van der Waals surface area contributed by atoms with Crippen LogP contribution in [0.15, 0.2) is 24.3 Å². The van der Waals surface area contributed by atoms with Crippen LogP contribution in [0.4, 0.5) is 5.95 Å². The summed E-state index contributed by atoms with van der Waals surface area (Å²) in [4.78, 5) is 3.96. The van der Waals surface area contributed by atoms with Crippen molar-refractivity contribution in [2.75, 3.05) is 5.73 Å². The minimum absolute atomic E-state index is 0.174. The van der Waals surface area contributed by atoms with E-state index in [1.807, 2.05) is 18.2 Å². The Morgan fingerprint density at radius 3 is 2.67 bits per heavy atom. The molecule has 2 rings (SSSR count). The monoisotopic (exact) mass is 223 g/mol. The third kappa shape index (κ3) is 1.93. The quantitative estimate of drug-likeness (QED) is 0.710. The maximum atomic E-state index is 6.00. The van der Waals surface area contributed by atoms with Gasteiger partial charge in [0.2, 0.25) is 5.95 Å². The molecule has 0 bridgehead atoms. The van der Waals surface area contributed by atoms with E-state index in [4.69, 9.17) is 23.1 Å². The molecule has 0 saturated heterocycles. The molecular weight excluding hydrogens is 214 g/mol. The zero-order valence-electron chi connectivity index (χ0n) is 7.81. The van der Waals surface area contributed by atoms with Crippen LogP contribution in [0.25, 0.3) is 0 Å². The van der Waals surface area contributed by atoms with Gasteiger partial charge in [-0.15, -0.1) is 5.10 Å². The Morgan fingerprint density at radius 1 is 1.33 bits per heavy atom. The number of hydrogen-bond acceptors (Lipinski definition) is 4. The summed E-state index contributed by atoms with van der Waals surface area (Å²) in [5, 5.41) is 6.97. The minimum Gasteiger partial charge on any atom is -0.367 e. The second kappa shape index (κ2) is 3.88. The molecule has 0 fully saturated rings. The Hall–Kier alpha value is -1.59.